The van der Waals surface area contributed by atoms with Gasteiger partial charge in [0.15, 0.2) is 0 Å². The largest absolute Gasteiger partial charge is 0.271 e. The molecule has 0 amide bonds. The summed E-state index contributed by atoms with van der Waals surface area (Å²) in [6.07, 6.45) is 1.63. The molecule has 0 bridgehead atoms. The van der Waals surface area contributed by atoms with Gasteiger partial charge in [-0.1, -0.05) is 35.3 Å². The zero-order valence-electron chi connectivity index (χ0n) is 9.90. The monoisotopic (exact) mass is 284 g/mol. The molecule has 0 radical (unpaired) electrons. The molecule has 96 valence electrons. The van der Waals surface area contributed by atoms with Gasteiger partial charge < -0.3 is 0 Å². The van der Waals surface area contributed by atoms with Crippen LogP contribution in [0.5, 0.6) is 0 Å². The van der Waals surface area contributed by atoms with E-state index in [4.69, 9.17) is 29.0 Å². The molecule has 3 N–H and O–H groups in total. The molecular weight excluding hydrogens is 271 g/mol. The number of hydrogen-bond donors (Lipinski definition) is 2. The summed E-state index contributed by atoms with van der Waals surface area (Å²) in [6, 6.07) is 7.26. The molecular formula is C12H14Cl2N4. The van der Waals surface area contributed by atoms with Crippen molar-refractivity contribution in [1.82, 2.24) is 15.2 Å². The van der Waals surface area contributed by atoms with Crippen molar-refractivity contribution in [3.05, 3.63) is 51.8 Å². The highest BCUT2D eigenvalue weighted by atomic mass is 35.5. The Bertz CT molecular complexity index is 521. The lowest BCUT2D eigenvalue weighted by Crippen LogP contribution is -2.30. The summed E-state index contributed by atoms with van der Waals surface area (Å²) < 4.78 is 1.82. The Morgan fingerprint density at radius 2 is 2.00 bits per heavy atom. The quantitative estimate of drug-likeness (QED) is 0.671. The van der Waals surface area contributed by atoms with E-state index in [1.54, 1.807) is 6.20 Å². The van der Waals surface area contributed by atoms with Gasteiger partial charge in [-0.25, -0.2) is 5.43 Å². The maximum Gasteiger partial charge on any atom is 0.0893 e. The molecule has 6 heteroatoms. The van der Waals surface area contributed by atoms with Gasteiger partial charge >= 0.3 is 0 Å². The molecule has 1 aromatic carbocycles. The molecule has 0 aliphatic rings. The number of hydrogen-bond acceptors (Lipinski definition) is 3. The van der Waals surface area contributed by atoms with Crippen LogP contribution in [-0.4, -0.2) is 9.78 Å². The molecule has 0 saturated heterocycles. The number of halogens is 2. The molecule has 1 heterocycles. The molecule has 0 saturated carbocycles. The summed E-state index contributed by atoms with van der Waals surface area (Å²) in [7, 11) is 0. The molecule has 0 fully saturated rings. The van der Waals surface area contributed by atoms with Crippen molar-refractivity contribution in [1.29, 1.82) is 0 Å². The Kier molecular flexibility index (Phi) is 4.24. The third-order valence-corrected chi connectivity index (χ3v) is 3.32. The Morgan fingerprint density at radius 3 is 2.56 bits per heavy atom. The number of nitrogens with zero attached hydrogens (tertiary/aromatic N) is 2. The Labute approximate surface area is 116 Å². The summed E-state index contributed by atoms with van der Waals surface area (Å²) in [5.74, 6) is 5.64. The van der Waals surface area contributed by atoms with Crippen molar-refractivity contribution >= 4 is 23.2 Å². The van der Waals surface area contributed by atoms with Crippen LogP contribution in [0.2, 0.25) is 10.0 Å². The zero-order chi connectivity index (χ0) is 13.1. The number of aromatic nitrogens is 2. The first-order chi connectivity index (χ1) is 8.67. The minimum atomic E-state index is -0.211. The summed E-state index contributed by atoms with van der Waals surface area (Å²) in [4.78, 5) is 0. The second-order valence-corrected chi connectivity index (χ2v) is 4.69. The predicted molar refractivity (Wildman–Crippen MR) is 73.5 cm³/mol. The molecule has 2 rings (SSSR count). The number of rotatable bonds is 4. The number of nitrogens with one attached hydrogen (secondary N) is 1. The van der Waals surface area contributed by atoms with Crippen LogP contribution in [0.4, 0.5) is 0 Å². The van der Waals surface area contributed by atoms with E-state index in [-0.39, 0.29) is 6.04 Å². The molecule has 0 aliphatic heterocycles. The first-order valence-corrected chi connectivity index (χ1v) is 6.35. The van der Waals surface area contributed by atoms with E-state index in [1.165, 1.54) is 0 Å². The van der Waals surface area contributed by atoms with Crippen molar-refractivity contribution in [3.8, 4) is 0 Å². The minimum absolute atomic E-state index is 0.211. The van der Waals surface area contributed by atoms with Gasteiger partial charge in [-0.2, -0.15) is 5.10 Å². The number of aryl methyl sites for hydroxylation is 1. The van der Waals surface area contributed by atoms with Crippen molar-refractivity contribution in [2.45, 2.75) is 19.5 Å². The lowest BCUT2D eigenvalue weighted by molar-refractivity contribution is 0.543. The maximum atomic E-state index is 6.17. The van der Waals surface area contributed by atoms with Gasteiger partial charge in [0.25, 0.3) is 0 Å². The average Bonchev–Trinajstić information content (AvgIpc) is 2.74. The lowest BCUT2D eigenvalue weighted by atomic mass is 10.0. The minimum Gasteiger partial charge on any atom is -0.271 e. The highest BCUT2D eigenvalue weighted by Crippen LogP contribution is 2.28. The summed E-state index contributed by atoms with van der Waals surface area (Å²) >= 11 is 12.1. The number of benzene rings is 1. The molecule has 1 aromatic heterocycles. The second-order valence-electron chi connectivity index (χ2n) is 3.84. The van der Waals surface area contributed by atoms with Crippen molar-refractivity contribution in [2.24, 2.45) is 5.84 Å². The summed E-state index contributed by atoms with van der Waals surface area (Å²) in [6.45, 7) is 2.73. The van der Waals surface area contributed by atoms with E-state index in [1.807, 2.05) is 35.9 Å². The smallest absolute Gasteiger partial charge is 0.0893 e. The van der Waals surface area contributed by atoms with Gasteiger partial charge in [0, 0.05) is 11.6 Å². The van der Waals surface area contributed by atoms with Crippen LogP contribution in [0, 0.1) is 0 Å². The van der Waals surface area contributed by atoms with Crippen LogP contribution in [0.3, 0.4) is 0 Å². The van der Waals surface area contributed by atoms with E-state index in [9.17, 15) is 0 Å². The third-order valence-electron chi connectivity index (χ3n) is 2.78. The van der Waals surface area contributed by atoms with E-state index in [0.29, 0.717) is 10.0 Å². The van der Waals surface area contributed by atoms with Crippen molar-refractivity contribution in [3.63, 3.8) is 0 Å². The van der Waals surface area contributed by atoms with Crippen LogP contribution in [0.15, 0.2) is 30.5 Å². The summed E-state index contributed by atoms with van der Waals surface area (Å²) in [5, 5.41) is 5.49. The molecule has 18 heavy (non-hydrogen) atoms. The van der Waals surface area contributed by atoms with E-state index in [2.05, 4.69) is 10.5 Å². The van der Waals surface area contributed by atoms with Crippen LogP contribution >= 0.6 is 23.2 Å². The van der Waals surface area contributed by atoms with Crippen molar-refractivity contribution in [2.75, 3.05) is 0 Å². The third kappa shape index (κ3) is 2.52. The standard InChI is InChI=1S/C12H14Cl2N4/c1-2-18-12(10(14)7-16-18)11(17-15)8-3-5-9(13)6-4-8/h3-7,11,17H,2,15H2,1H3. The highest BCUT2D eigenvalue weighted by molar-refractivity contribution is 6.31. The van der Waals surface area contributed by atoms with Gasteiger partial charge in [0.1, 0.15) is 0 Å². The fraction of sp³-hybridized carbons (Fsp3) is 0.250. The maximum absolute atomic E-state index is 6.17. The van der Waals surface area contributed by atoms with Gasteiger partial charge in [-0.05, 0) is 24.6 Å². The molecule has 2 aromatic rings. The Balaban J connectivity index is 2.44. The molecule has 4 nitrogen and oxygen atoms in total. The normalized spacial score (nSPS) is 12.7. The molecule has 0 aliphatic carbocycles. The van der Waals surface area contributed by atoms with Gasteiger partial charge in [-0.15, -0.1) is 0 Å². The second kappa shape index (κ2) is 5.71. The van der Waals surface area contributed by atoms with E-state index >= 15 is 0 Å². The topological polar surface area (TPSA) is 55.9 Å². The fourth-order valence-electron chi connectivity index (χ4n) is 1.90. The van der Waals surface area contributed by atoms with E-state index in [0.717, 1.165) is 17.8 Å². The molecule has 1 unspecified atom stereocenters. The van der Waals surface area contributed by atoms with Crippen molar-refractivity contribution < 1.29 is 0 Å². The van der Waals surface area contributed by atoms with Crippen LogP contribution < -0.4 is 11.3 Å². The number of nitrogens with two attached hydrogens (primary N) is 1. The lowest BCUT2D eigenvalue weighted by Gasteiger charge is -2.18. The first-order valence-electron chi connectivity index (χ1n) is 5.60. The SMILES string of the molecule is CCn1ncc(Cl)c1C(NN)c1ccc(Cl)cc1. The fourth-order valence-corrected chi connectivity index (χ4v) is 2.28. The Morgan fingerprint density at radius 1 is 1.33 bits per heavy atom. The van der Waals surface area contributed by atoms with Gasteiger partial charge in [0.05, 0.1) is 23.0 Å². The highest BCUT2D eigenvalue weighted by Gasteiger charge is 2.20. The van der Waals surface area contributed by atoms with Gasteiger partial charge in [0.2, 0.25) is 0 Å². The molecule has 1 atom stereocenters. The van der Waals surface area contributed by atoms with Gasteiger partial charge in [-0.3, -0.25) is 10.5 Å². The zero-order valence-corrected chi connectivity index (χ0v) is 11.4. The van der Waals surface area contributed by atoms with E-state index < -0.39 is 0 Å². The first kappa shape index (κ1) is 13.4. The molecule has 0 spiro atoms. The average molecular weight is 285 g/mol. The Hall–Kier alpha value is -1.07. The number of hydrazine groups is 1. The van der Waals surface area contributed by atoms with Crippen LogP contribution in [0.25, 0.3) is 0 Å². The van der Waals surface area contributed by atoms with Crippen LogP contribution in [0.1, 0.15) is 24.2 Å². The predicted octanol–water partition coefficient (Wildman–Crippen LogP) is 2.76. The van der Waals surface area contributed by atoms with Crippen LogP contribution in [-0.2, 0) is 6.54 Å². The summed E-state index contributed by atoms with van der Waals surface area (Å²) in [5.41, 5.74) is 4.60.